The van der Waals surface area contributed by atoms with Gasteiger partial charge in [0.25, 0.3) is 0 Å². The van der Waals surface area contributed by atoms with E-state index in [4.69, 9.17) is 10.0 Å². The van der Waals surface area contributed by atoms with Crippen molar-refractivity contribution in [2.75, 3.05) is 0 Å². The Labute approximate surface area is 73.2 Å². The first-order valence-electron chi connectivity index (χ1n) is 3.98. The van der Waals surface area contributed by atoms with E-state index >= 15 is 0 Å². The molecule has 1 rings (SSSR count). The van der Waals surface area contributed by atoms with Crippen molar-refractivity contribution in [3.8, 4) is 0 Å². The van der Waals surface area contributed by atoms with Crippen molar-refractivity contribution in [3.05, 3.63) is 24.5 Å². The van der Waals surface area contributed by atoms with Gasteiger partial charge in [-0.2, -0.15) is 0 Å². The molecule has 0 fully saturated rings. The van der Waals surface area contributed by atoms with Gasteiger partial charge < -0.3 is 10.0 Å². The van der Waals surface area contributed by atoms with E-state index in [2.05, 4.69) is 18.8 Å². The second-order valence-corrected chi connectivity index (χ2v) is 2.37. The Morgan fingerprint density at radius 3 is 2.25 bits per heavy atom. The summed E-state index contributed by atoms with van der Waals surface area (Å²) in [4.78, 5) is 3.69. The standard InChI is InChI=1S/C5H6BNO2.C3H8/c8-6(9)5-2-1-3-7-4-5;1-3-2/h1-4,8-9H;3H2,1-2H3. The summed E-state index contributed by atoms with van der Waals surface area (Å²) < 4.78 is 0. The maximum atomic E-state index is 8.54. The van der Waals surface area contributed by atoms with Crippen LogP contribution in [0.25, 0.3) is 0 Å². The van der Waals surface area contributed by atoms with Crippen molar-refractivity contribution in [1.82, 2.24) is 4.98 Å². The van der Waals surface area contributed by atoms with Gasteiger partial charge in [-0.1, -0.05) is 26.3 Å². The van der Waals surface area contributed by atoms with E-state index in [-0.39, 0.29) is 0 Å². The summed E-state index contributed by atoms with van der Waals surface area (Å²) >= 11 is 0. The lowest BCUT2D eigenvalue weighted by Crippen LogP contribution is -2.29. The molecule has 4 heteroatoms. The molecule has 12 heavy (non-hydrogen) atoms. The van der Waals surface area contributed by atoms with Crippen molar-refractivity contribution < 1.29 is 10.0 Å². The largest absolute Gasteiger partial charge is 0.490 e. The molecule has 0 radical (unpaired) electrons. The molecule has 0 amide bonds. The van der Waals surface area contributed by atoms with E-state index in [1.165, 1.54) is 12.6 Å². The van der Waals surface area contributed by atoms with E-state index in [9.17, 15) is 0 Å². The van der Waals surface area contributed by atoms with Crippen LogP contribution in [0.2, 0.25) is 0 Å². The zero-order chi connectivity index (χ0) is 9.40. The van der Waals surface area contributed by atoms with Gasteiger partial charge in [0.2, 0.25) is 0 Å². The number of hydrogen-bond acceptors (Lipinski definition) is 3. The van der Waals surface area contributed by atoms with Gasteiger partial charge in [-0.05, 0) is 6.07 Å². The third-order valence-corrected chi connectivity index (χ3v) is 0.983. The van der Waals surface area contributed by atoms with Gasteiger partial charge in [-0.15, -0.1) is 0 Å². The fourth-order valence-electron chi connectivity index (χ4n) is 0.529. The molecule has 0 unspecified atom stereocenters. The lowest BCUT2D eigenvalue weighted by Gasteiger charge is -1.93. The van der Waals surface area contributed by atoms with Crippen LogP contribution < -0.4 is 5.46 Å². The van der Waals surface area contributed by atoms with Crippen LogP contribution in [0.15, 0.2) is 24.5 Å². The van der Waals surface area contributed by atoms with Crippen LogP contribution in [0.1, 0.15) is 20.3 Å². The summed E-state index contributed by atoms with van der Waals surface area (Å²) in [5.41, 5.74) is 0.414. The first-order valence-corrected chi connectivity index (χ1v) is 3.98. The highest BCUT2D eigenvalue weighted by Gasteiger charge is 2.08. The normalized spacial score (nSPS) is 8.33. The van der Waals surface area contributed by atoms with Crippen molar-refractivity contribution in [2.45, 2.75) is 20.3 Å². The summed E-state index contributed by atoms with van der Waals surface area (Å²) in [7, 11) is -1.40. The molecular formula is C8H14BNO2. The SMILES string of the molecule is CCC.OB(O)c1cccnc1. The van der Waals surface area contributed by atoms with E-state index in [0.29, 0.717) is 5.46 Å². The Balaban J connectivity index is 0.000000354. The predicted molar refractivity (Wildman–Crippen MR) is 50.0 cm³/mol. The zero-order valence-electron chi connectivity index (χ0n) is 7.44. The summed E-state index contributed by atoms with van der Waals surface area (Å²) in [5, 5.41) is 17.1. The summed E-state index contributed by atoms with van der Waals surface area (Å²) in [6.45, 7) is 4.25. The molecule has 0 saturated carbocycles. The smallest absolute Gasteiger partial charge is 0.423 e. The molecule has 1 aromatic rings. The van der Waals surface area contributed by atoms with Crippen molar-refractivity contribution in [3.63, 3.8) is 0 Å². The predicted octanol–water partition coefficient (Wildman–Crippen LogP) is 0.178. The minimum absolute atomic E-state index is 0.414. The molecule has 0 aliphatic carbocycles. The Bertz CT molecular complexity index is 192. The van der Waals surface area contributed by atoms with Gasteiger partial charge in [0, 0.05) is 17.9 Å². The fourth-order valence-corrected chi connectivity index (χ4v) is 0.529. The molecule has 0 atom stereocenters. The van der Waals surface area contributed by atoms with Crippen molar-refractivity contribution in [1.29, 1.82) is 0 Å². The number of rotatable bonds is 1. The highest BCUT2D eigenvalue weighted by molar-refractivity contribution is 6.58. The molecule has 0 spiro atoms. The number of nitrogens with zero attached hydrogens (tertiary/aromatic N) is 1. The first kappa shape index (κ1) is 11.1. The highest BCUT2D eigenvalue weighted by Crippen LogP contribution is 1.77. The monoisotopic (exact) mass is 167 g/mol. The fraction of sp³-hybridized carbons (Fsp3) is 0.375. The zero-order valence-corrected chi connectivity index (χ0v) is 7.44. The molecule has 66 valence electrons. The number of pyridine rings is 1. The summed E-state index contributed by atoms with van der Waals surface area (Å²) in [6.07, 6.45) is 4.23. The van der Waals surface area contributed by atoms with Crippen molar-refractivity contribution in [2.24, 2.45) is 0 Å². The van der Waals surface area contributed by atoms with Gasteiger partial charge in [0.05, 0.1) is 0 Å². The van der Waals surface area contributed by atoms with Crippen LogP contribution in [-0.4, -0.2) is 22.2 Å². The van der Waals surface area contributed by atoms with Gasteiger partial charge in [0.15, 0.2) is 0 Å². The van der Waals surface area contributed by atoms with Gasteiger partial charge in [-0.25, -0.2) is 0 Å². The second-order valence-electron chi connectivity index (χ2n) is 2.37. The molecule has 1 aromatic heterocycles. The Morgan fingerprint density at radius 1 is 1.42 bits per heavy atom. The van der Waals surface area contributed by atoms with Gasteiger partial charge in [-0.3, -0.25) is 4.98 Å². The Kier molecular flexibility index (Phi) is 6.33. The second kappa shape index (κ2) is 6.82. The molecule has 0 bridgehead atoms. The average Bonchev–Trinajstić information content (AvgIpc) is 2.07. The Hall–Kier alpha value is -0.865. The Morgan fingerprint density at radius 2 is 2.00 bits per heavy atom. The highest BCUT2D eigenvalue weighted by atomic mass is 16.4. The van der Waals surface area contributed by atoms with Crippen LogP contribution >= 0.6 is 0 Å². The van der Waals surface area contributed by atoms with Crippen LogP contribution in [0.5, 0.6) is 0 Å². The average molecular weight is 167 g/mol. The third kappa shape index (κ3) is 4.88. The lowest BCUT2D eigenvalue weighted by molar-refractivity contribution is 0.425. The minimum Gasteiger partial charge on any atom is -0.423 e. The van der Waals surface area contributed by atoms with Crippen LogP contribution in [-0.2, 0) is 0 Å². The molecule has 0 aliphatic heterocycles. The molecule has 3 nitrogen and oxygen atoms in total. The van der Waals surface area contributed by atoms with E-state index in [1.807, 2.05) is 0 Å². The van der Waals surface area contributed by atoms with Crippen LogP contribution in [0.4, 0.5) is 0 Å². The summed E-state index contributed by atoms with van der Waals surface area (Å²) in [6, 6.07) is 3.24. The molecule has 0 aliphatic rings. The molecular weight excluding hydrogens is 153 g/mol. The van der Waals surface area contributed by atoms with Gasteiger partial charge >= 0.3 is 7.12 Å². The molecule has 0 aromatic carbocycles. The van der Waals surface area contributed by atoms with Crippen molar-refractivity contribution >= 4 is 12.6 Å². The molecule has 1 heterocycles. The third-order valence-electron chi connectivity index (χ3n) is 0.983. The van der Waals surface area contributed by atoms with E-state index in [0.717, 1.165) is 0 Å². The maximum absolute atomic E-state index is 8.54. The molecule has 2 N–H and O–H groups in total. The number of aromatic nitrogens is 1. The van der Waals surface area contributed by atoms with Gasteiger partial charge in [0.1, 0.15) is 0 Å². The van der Waals surface area contributed by atoms with Crippen LogP contribution in [0.3, 0.4) is 0 Å². The quantitative estimate of drug-likeness (QED) is 0.586. The summed E-state index contributed by atoms with van der Waals surface area (Å²) in [5.74, 6) is 0. The maximum Gasteiger partial charge on any atom is 0.490 e. The van der Waals surface area contributed by atoms with Crippen LogP contribution in [0, 0.1) is 0 Å². The van der Waals surface area contributed by atoms with E-state index < -0.39 is 7.12 Å². The lowest BCUT2D eigenvalue weighted by atomic mass is 9.82. The first-order chi connectivity index (χ1) is 5.72. The van der Waals surface area contributed by atoms with E-state index in [1.54, 1.807) is 18.3 Å². The minimum atomic E-state index is -1.40. The number of hydrogen-bond donors (Lipinski definition) is 2. The topological polar surface area (TPSA) is 53.4 Å². The molecule has 0 saturated heterocycles.